The Balaban J connectivity index is 2.54. The van der Waals surface area contributed by atoms with Crippen LogP contribution >= 0.6 is 0 Å². The summed E-state index contributed by atoms with van der Waals surface area (Å²) in [6.45, 7) is 2.00. The van der Waals surface area contributed by atoms with Crippen LogP contribution < -0.4 is 0 Å². The molecule has 0 aliphatic heterocycles. The molecular weight excluding hydrogens is 253 g/mol. The minimum absolute atomic E-state index is 0.0787. The molecule has 0 bridgehead atoms. The van der Waals surface area contributed by atoms with Crippen molar-refractivity contribution in [1.29, 1.82) is 0 Å². The van der Waals surface area contributed by atoms with Gasteiger partial charge in [-0.25, -0.2) is 0 Å². The van der Waals surface area contributed by atoms with Gasteiger partial charge in [-0.2, -0.15) is 0 Å². The SMILES string of the molecule is CC[CH](O)[Hg]. The molecule has 1 atom stereocenters. The summed E-state index contributed by atoms with van der Waals surface area (Å²) in [6, 6.07) is 0. The van der Waals surface area contributed by atoms with Crippen molar-refractivity contribution in [2.75, 3.05) is 0 Å². The summed E-state index contributed by atoms with van der Waals surface area (Å²) in [5.41, 5.74) is 0. The van der Waals surface area contributed by atoms with E-state index in [9.17, 15) is 0 Å². The molecule has 0 aliphatic rings. The number of aliphatic hydroxyl groups excluding tert-OH is 1. The Morgan fingerprint density at radius 3 is 2.20 bits per heavy atom. The van der Waals surface area contributed by atoms with Crippen LogP contribution in [0.2, 0.25) is 0 Å². The van der Waals surface area contributed by atoms with E-state index in [1.807, 2.05) is 6.92 Å². The molecule has 1 nitrogen and oxygen atoms in total. The first kappa shape index (κ1) is 5.90. The third-order valence-corrected chi connectivity index (χ3v) is 2.72. The van der Waals surface area contributed by atoms with Crippen LogP contribution in [-0.4, -0.2) is 8.72 Å². The van der Waals surface area contributed by atoms with Gasteiger partial charge in [0.25, 0.3) is 0 Å². The Hall–Kier alpha value is 0.895. The molecular formula is C3H7HgO. The molecule has 0 heterocycles. The molecule has 0 amide bonds. The van der Waals surface area contributed by atoms with Crippen molar-refractivity contribution in [2.45, 2.75) is 17.0 Å². The summed E-state index contributed by atoms with van der Waals surface area (Å²) in [7, 11) is 0. The second-order valence-corrected chi connectivity index (χ2v) is 4.73. The molecule has 0 aromatic rings. The fourth-order valence-electron chi connectivity index (χ4n) is 0. The topological polar surface area (TPSA) is 20.2 Å². The Morgan fingerprint density at radius 1 is 2.00 bits per heavy atom. The van der Waals surface area contributed by atoms with Crippen LogP contribution in [0.25, 0.3) is 0 Å². The van der Waals surface area contributed by atoms with Crippen LogP contribution in [0.15, 0.2) is 0 Å². The monoisotopic (exact) mass is 261 g/mol. The van der Waals surface area contributed by atoms with Crippen molar-refractivity contribution >= 4 is 0 Å². The van der Waals surface area contributed by atoms with Gasteiger partial charge >= 0.3 is 48.2 Å². The third-order valence-electron chi connectivity index (χ3n) is 0.471. The summed E-state index contributed by atoms with van der Waals surface area (Å²) < 4.78 is 0.0787. The van der Waals surface area contributed by atoms with E-state index in [1.54, 1.807) is 0 Å². The van der Waals surface area contributed by atoms with Gasteiger partial charge in [0, 0.05) is 0 Å². The number of rotatable bonds is 1. The predicted molar refractivity (Wildman–Crippen MR) is 16.3 cm³/mol. The van der Waals surface area contributed by atoms with Crippen molar-refractivity contribution in [1.82, 2.24) is 0 Å². The summed E-state index contributed by atoms with van der Waals surface area (Å²) in [6.07, 6.45) is 0.948. The van der Waals surface area contributed by atoms with E-state index < -0.39 is 0 Å². The first-order chi connectivity index (χ1) is 2.27. The second-order valence-electron chi connectivity index (χ2n) is 1.06. The van der Waals surface area contributed by atoms with E-state index in [-0.39, 0.29) is 3.61 Å². The zero-order valence-electron chi connectivity index (χ0n) is 3.44. The van der Waals surface area contributed by atoms with Crippen molar-refractivity contribution < 1.29 is 31.2 Å². The van der Waals surface area contributed by atoms with Gasteiger partial charge in [-0.15, -0.1) is 0 Å². The van der Waals surface area contributed by atoms with Crippen LogP contribution in [0.4, 0.5) is 0 Å². The molecule has 0 rings (SSSR count). The predicted octanol–water partition coefficient (Wildman–Crippen LogP) is 0.262. The van der Waals surface area contributed by atoms with Gasteiger partial charge in [-0.3, -0.25) is 0 Å². The van der Waals surface area contributed by atoms with E-state index in [1.165, 1.54) is 0 Å². The van der Waals surface area contributed by atoms with Crippen LogP contribution in [-0.2, 0) is 26.1 Å². The van der Waals surface area contributed by atoms with Crippen LogP contribution in [0.5, 0.6) is 0 Å². The minimum atomic E-state index is 0.0787. The Morgan fingerprint density at radius 2 is 2.20 bits per heavy atom. The van der Waals surface area contributed by atoms with Crippen molar-refractivity contribution in [2.24, 2.45) is 0 Å². The van der Waals surface area contributed by atoms with Gasteiger partial charge in [0.1, 0.15) is 0 Å². The first-order valence-corrected chi connectivity index (χ1v) is 4.96. The van der Waals surface area contributed by atoms with Crippen LogP contribution in [0.1, 0.15) is 13.3 Å². The fraction of sp³-hybridized carbons (Fsp3) is 1.00. The fourth-order valence-corrected chi connectivity index (χ4v) is 0. The molecule has 0 saturated heterocycles. The zero-order valence-corrected chi connectivity index (χ0v) is 8.94. The Labute approximate surface area is 48.4 Å². The van der Waals surface area contributed by atoms with Crippen molar-refractivity contribution in [3.8, 4) is 0 Å². The molecule has 0 aliphatic carbocycles. The molecule has 1 N–H and O–H groups in total. The van der Waals surface area contributed by atoms with E-state index in [0.29, 0.717) is 26.1 Å². The van der Waals surface area contributed by atoms with Crippen molar-refractivity contribution in [3.63, 3.8) is 0 Å². The quantitative estimate of drug-likeness (QED) is 0.670. The van der Waals surface area contributed by atoms with Gasteiger partial charge in [0.2, 0.25) is 0 Å². The first-order valence-electron chi connectivity index (χ1n) is 1.78. The van der Waals surface area contributed by atoms with Crippen LogP contribution in [0, 0.1) is 0 Å². The molecule has 0 aromatic carbocycles. The van der Waals surface area contributed by atoms with Crippen LogP contribution in [0.3, 0.4) is 0 Å². The molecule has 0 aromatic heterocycles. The molecule has 2 heteroatoms. The average molecular weight is 260 g/mol. The summed E-state index contributed by atoms with van der Waals surface area (Å²) in [5, 5.41) is 8.45. The Bertz CT molecular complexity index is 20.9. The molecule has 0 spiro atoms. The number of hydrogen-bond donors (Lipinski definition) is 1. The number of hydrogen-bond acceptors (Lipinski definition) is 1. The maximum absolute atomic E-state index is 8.45. The van der Waals surface area contributed by atoms with E-state index in [2.05, 4.69) is 0 Å². The van der Waals surface area contributed by atoms with E-state index in [4.69, 9.17) is 5.11 Å². The summed E-state index contributed by atoms with van der Waals surface area (Å²) >= 11 is 0.584. The molecule has 1 unspecified atom stereocenters. The molecule has 0 saturated carbocycles. The maximum atomic E-state index is 8.45. The van der Waals surface area contributed by atoms with Gasteiger partial charge in [-0.1, -0.05) is 0 Å². The molecule has 5 heavy (non-hydrogen) atoms. The second kappa shape index (κ2) is 3.10. The van der Waals surface area contributed by atoms with Gasteiger partial charge in [0.05, 0.1) is 0 Å². The van der Waals surface area contributed by atoms with Gasteiger partial charge in [-0.05, 0) is 0 Å². The summed E-state index contributed by atoms with van der Waals surface area (Å²) in [4.78, 5) is 0. The van der Waals surface area contributed by atoms with E-state index >= 15 is 0 Å². The summed E-state index contributed by atoms with van der Waals surface area (Å²) in [5.74, 6) is 0. The average Bonchev–Trinajstić information content (AvgIpc) is 1.38. The Kier molecular flexibility index (Phi) is 3.65. The van der Waals surface area contributed by atoms with Crippen molar-refractivity contribution in [3.05, 3.63) is 0 Å². The van der Waals surface area contributed by atoms with Gasteiger partial charge in [0.15, 0.2) is 0 Å². The van der Waals surface area contributed by atoms with Gasteiger partial charge < -0.3 is 0 Å². The van der Waals surface area contributed by atoms with E-state index in [0.717, 1.165) is 6.42 Å². The zero-order chi connectivity index (χ0) is 4.28. The third kappa shape index (κ3) is 4.90. The molecule has 27 valence electrons. The molecule has 0 radical (unpaired) electrons. The number of aliphatic hydroxyl groups is 1. The normalized spacial score (nSPS) is 15.2. The molecule has 0 fully saturated rings. The standard InChI is InChI=1S/C3H7O.Hg/c1-2-3-4;/h3-4H,2H2,1H3;.